The van der Waals surface area contributed by atoms with Gasteiger partial charge in [0.1, 0.15) is 66.5 Å². The number of amides is 11. The monoisotopic (exact) mass is 1260 g/mol. The minimum absolute atomic E-state index is 0.0603. The maximum atomic E-state index is 14.5. The third-order valence-corrected chi connectivity index (χ3v) is 16.5. The van der Waals surface area contributed by atoms with Crippen molar-refractivity contribution in [2.24, 2.45) is 40.9 Å². The van der Waals surface area contributed by atoms with E-state index >= 15 is 0 Å². The topological polar surface area (TPSA) is 445 Å². The molecule has 89 heavy (non-hydrogen) atoms. The normalized spacial score (nSPS) is 21.0. The number of unbranched alkanes of at least 4 members (excludes halogenated alkanes) is 2. The summed E-state index contributed by atoms with van der Waals surface area (Å²) < 4.78 is 5.73. The number of aliphatic hydroxyl groups excluding tert-OH is 1. The summed E-state index contributed by atoms with van der Waals surface area (Å²) in [6.45, 7) is 16.0. The molecular weight excluding hydrogens is 1150 g/mol. The predicted octanol–water partition coefficient (Wildman–Crippen LogP) is -1.67. The fourth-order valence-electron chi connectivity index (χ4n) is 9.66. The van der Waals surface area contributed by atoms with Gasteiger partial charge >= 0.3 is 5.97 Å². The van der Waals surface area contributed by atoms with Crippen LogP contribution >= 0.6 is 0 Å². The Hall–Kier alpha value is -7.30. The molecule has 0 unspecified atom stereocenters. The minimum Gasteiger partial charge on any atom is -0.458 e. The van der Waals surface area contributed by atoms with E-state index < -0.39 is 180 Å². The second-order valence-electron chi connectivity index (χ2n) is 23.4. The molecule has 18 N–H and O–H groups in total. The lowest BCUT2D eigenvalue weighted by atomic mass is 9.94. The number of nitrogens with one attached hydrogen (secondary N) is 11. The first-order valence-electron chi connectivity index (χ1n) is 31.4. The zero-order chi connectivity index (χ0) is 67.1. The van der Waals surface area contributed by atoms with E-state index in [1.165, 1.54) is 13.8 Å². The predicted molar refractivity (Wildman–Crippen MR) is 333 cm³/mol. The number of hydrogen-bond donors (Lipinski definition) is 15. The maximum absolute atomic E-state index is 14.5. The highest BCUT2D eigenvalue weighted by atomic mass is 16.5. The van der Waals surface area contributed by atoms with E-state index in [1.807, 2.05) is 37.3 Å². The highest BCUT2D eigenvalue weighted by Crippen LogP contribution is 2.18. The summed E-state index contributed by atoms with van der Waals surface area (Å²) in [7, 11) is 1.63. The van der Waals surface area contributed by atoms with Gasteiger partial charge in [0.2, 0.25) is 65.0 Å². The van der Waals surface area contributed by atoms with Crippen molar-refractivity contribution in [3.05, 3.63) is 35.9 Å². The van der Waals surface area contributed by atoms with E-state index in [4.69, 9.17) is 21.9 Å². The van der Waals surface area contributed by atoms with Crippen molar-refractivity contribution >= 4 is 70.9 Å². The van der Waals surface area contributed by atoms with E-state index in [0.29, 0.717) is 57.9 Å². The van der Waals surface area contributed by atoms with Crippen LogP contribution in [0.15, 0.2) is 30.3 Å². The van der Waals surface area contributed by atoms with E-state index in [-0.39, 0.29) is 32.2 Å². The second kappa shape index (κ2) is 40.4. The molecule has 28 nitrogen and oxygen atoms in total. The van der Waals surface area contributed by atoms with Gasteiger partial charge in [0, 0.05) is 6.42 Å². The van der Waals surface area contributed by atoms with E-state index in [2.05, 4.69) is 58.5 Å². The molecule has 0 radical (unpaired) electrons. The van der Waals surface area contributed by atoms with Crippen LogP contribution in [0.4, 0.5) is 0 Å². The first kappa shape index (κ1) is 77.8. The van der Waals surface area contributed by atoms with Crippen LogP contribution in [0.5, 0.6) is 0 Å². The standard InChI is InChI=1S/C61H104N14O14/c1-12-33(5)46(72-55(82)43(65-11)31-39-23-17-16-18-24-39)57(84)69-40(25-19-21-29-62)52(79)68-42(27-28-45(64)77)54(81)71-48(35(7)14-3)59(86)73-47(34(6)13-2)58(85)70-44(32-76)56(83)75-50-38(10)89-61(88)49(36(8)15-4)74-53(80)41(26-20-22-30-63)67-51(78)37(9)66-60(50)87/h16-18,23-24,33-38,40-44,46-50,65,76H,12-15,19-22,25-32,62-63H2,1-11H3,(H2,64,77)(H,66,87)(H,67,78)(H,68,79)(H,69,84)(H,70,85)(H,71,81)(H,72,82)(H,73,86)(H,74,80)(H,75,83)/t33-,34-,35-,36-,37-,38-,40-,41-,42+,43+,44-,46-,47-,48+,49-,50+/m0/s1. The molecule has 11 amide bonds. The van der Waals surface area contributed by atoms with Crippen LogP contribution in [0.1, 0.15) is 152 Å². The van der Waals surface area contributed by atoms with Gasteiger partial charge in [-0.25, -0.2) is 4.79 Å². The third kappa shape index (κ3) is 25.6. The molecule has 1 aliphatic rings. The molecule has 1 heterocycles. The summed E-state index contributed by atoms with van der Waals surface area (Å²) in [4.78, 5) is 167. The number of benzene rings is 1. The molecule has 502 valence electrons. The van der Waals surface area contributed by atoms with Gasteiger partial charge in [0.15, 0.2) is 0 Å². The number of carbonyl (C=O) groups is 12. The highest BCUT2D eigenvalue weighted by molar-refractivity contribution is 5.99. The van der Waals surface area contributed by atoms with Crippen LogP contribution in [0.2, 0.25) is 0 Å². The Labute approximate surface area is 523 Å². The first-order chi connectivity index (χ1) is 42.2. The maximum Gasteiger partial charge on any atom is 0.329 e. The lowest BCUT2D eigenvalue weighted by molar-refractivity contribution is -0.157. The average molecular weight is 1260 g/mol. The van der Waals surface area contributed by atoms with Gasteiger partial charge in [-0.2, -0.15) is 0 Å². The molecule has 1 aromatic carbocycles. The zero-order valence-electron chi connectivity index (χ0n) is 53.9. The number of carbonyl (C=O) groups excluding carboxylic acids is 12. The molecule has 2 rings (SSSR count). The molecule has 0 saturated carbocycles. The largest absolute Gasteiger partial charge is 0.458 e. The Morgan fingerprint density at radius 3 is 1.56 bits per heavy atom. The van der Waals surface area contributed by atoms with Crippen molar-refractivity contribution in [1.82, 2.24) is 58.5 Å². The van der Waals surface area contributed by atoms with E-state index in [1.54, 1.807) is 55.5 Å². The lowest BCUT2D eigenvalue weighted by Gasteiger charge is -2.31. The Morgan fingerprint density at radius 1 is 0.573 bits per heavy atom. The third-order valence-electron chi connectivity index (χ3n) is 16.5. The number of hydrogen-bond acceptors (Lipinski definition) is 17. The van der Waals surface area contributed by atoms with Gasteiger partial charge in [-0.05, 0) is 115 Å². The first-order valence-corrected chi connectivity index (χ1v) is 31.4. The molecule has 0 bridgehead atoms. The van der Waals surface area contributed by atoms with Gasteiger partial charge in [-0.15, -0.1) is 0 Å². The average Bonchev–Trinajstić information content (AvgIpc) is 3.17. The molecule has 0 aliphatic carbocycles. The Kier molecular flexibility index (Phi) is 35.3. The van der Waals surface area contributed by atoms with Crippen molar-refractivity contribution in [2.75, 3.05) is 26.7 Å². The second-order valence-corrected chi connectivity index (χ2v) is 23.4. The summed E-state index contributed by atoms with van der Waals surface area (Å²) in [6.07, 6.45) is 1.63. The number of cyclic esters (lactones) is 1. The van der Waals surface area contributed by atoms with Crippen LogP contribution in [0.3, 0.4) is 0 Å². The van der Waals surface area contributed by atoms with E-state index in [0.717, 1.165) is 5.56 Å². The Balaban J connectivity index is 2.46. The summed E-state index contributed by atoms with van der Waals surface area (Å²) in [6, 6.07) is -5.27. The molecule has 0 spiro atoms. The Morgan fingerprint density at radius 2 is 1.06 bits per heavy atom. The summed E-state index contributed by atoms with van der Waals surface area (Å²) in [5.41, 5.74) is 17.9. The van der Waals surface area contributed by atoms with Crippen molar-refractivity contribution in [3.63, 3.8) is 0 Å². The van der Waals surface area contributed by atoms with Gasteiger partial charge < -0.3 is 85.5 Å². The van der Waals surface area contributed by atoms with Crippen LogP contribution in [-0.2, 0) is 68.7 Å². The molecule has 1 aliphatic heterocycles. The fraction of sp³-hybridized carbons (Fsp3) is 0.705. The smallest absolute Gasteiger partial charge is 0.329 e. The number of rotatable bonds is 37. The van der Waals surface area contributed by atoms with Gasteiger partial charge in [-0.3, -0.25) is 52.7 Å². The van der Waals surface area contributed by atoms with Crippen molar-refractivity contribution in [1.29, 1.82) is 0 Å². The van der Waals surface area contributed by atoms with Crippen molar-refractivity contribution in [2.45, 2.75) is 225 Å². The van der Waals surface area contributed by atoms with Crippen LogP contribution in [-0.4, -0.2) is 175 Å². The molecule has 16 atom stereocenters. The highest BCUT2D eigenvalue weighted by Gasteiger charge is 2.41. The van der Waals surface area contributed by atoms with Crippen LogP contribution in [0, 0.1) is 23.7 Å². The summed E-state index contributed by atoms with van der Waals surface area (Å²) >= 11 is 0. The number of esters is 1. The number of likely N-dealkylation sites (N-methyl/N-ethyl adjacent to an activating group) is 1. The molecule has 1 saturated heterocycles. The number of nitrogens with two attached hydrogens (primary N) is 3. The fourth-order valence-corrected chi connectivity index (χ4v) is 9.66. The van der Waals surface area contributed by atoms with Crippen molar-refractivity contribution < 1.29 is 67.4 Å². The van der Waals surface area contributed by atoms with Crippen LogP contribution < -0.4 is 75.7 Å². The van der Waals surface area contributed by atoms with Gasteiger partial charge in [-0.1, -0.05) is 111 Å². The number of primary amides is 1. The molecule has 1 fully saturated rings. The van der Waals surface area contributed by atoms with Crippen molar-refractivity contribution in [3.8, 4) is 0 Å². The number of aliphatic hydroxyl groups is 1. The molecular formula is C61H104N14O14. The molecule has 1 aromatic rings. The SMILES string of the molecule is CC[C@H](C)[C@H](NC(=O)[C@@H](Cc1ccccc1)NC)C(=O)N[C@@H](CCCCN)C(=O)N[C@H](CCC(N)=O)C(=O)N[C@@H](C(=O)N[C@H](C(=O)N[C@@H](CO)C(=O)N[C@H]1C(=O)N[C@@H](C)C(=O)N[C@@H](CCCCN)C(=O)N[C@@H]([C@@H](C)CC)C(=O)O[C@H]1C)[C@@H](C)CC)[C@@H](C)CC. The zero-order valence-corrected chi connectivity index (χ0v) is 53.9. The molecule has 0 aromatic heterocycles. The minimum atomic E-state index is -1.80. The van der Waals surface area contributed by atoms with E-state index in [9.17, 15) is 62.6 Å². The van der Waals surface area contributed by atoms with Gasteiger partial charge in [0.05, 0.1) is 12.6 Å². The Bertz CT molecular complexity index is 2490. The summed E-state index contributed by atoms with van der Waals surface area (Å²) in [5.74, 6) is -12.2. The lowest BCUT2D eigenvalue weighted by Crippen LogP contribution is -2.63. The summed E-state index contributed by atoms with van der Waals surface area (Å²) in [5, 5.41) is 39.9. The molecule has 28 heteroatoms. The van der Waals surface area contributed by atoms with Gasteiger partial charge in [0.25, 0.3) is 0 Å². The number of ether oxygens (including phenoxy) is 1. The van der Waals surface area contributed by atoms with Crippen LogP contribution in [0.25, 0.3) is 0 Å². The quantitative estimate of drug-likeness (QED) is 0.0262.